The standard InChI is InChI=1S/C17H28N2O/c1-4-17-13-19(9-10-20-17)12-16-8-6-5-7-15(16)11-18-14(2)3/h5-8,14,17-18H,4,9-13H2,1-3H3. The summed E-state index contributed by atoms with van der Waals surface area (Å²) in [4.78, 5) is 2.52. The van der Waals surface area contributed by atoms with E-state index < -0.39 is 0 Å². The summed E-state index contributed by atoms with van der Waals surface area (Å²) in [6.07, 6.45) is 1.51. The number of rotatable bonds is 6. The van der Waals surface area contributed by atoms with Gasteiger partial charge in [0.25, 0.3) is 0 Å². The van der Waals surface area contributed by atoms with Crippen molar-refractivity contribution in [3.05, 3.63) is 35.4 Å². The average molecular weight is 276 g/mol. The van der Waals surface area contributed by atoms with Crippen LogP contribution in [0.25, 0.3) is 0 Å². The number of hydrogen-bond acceptors (Lipinski definition) is 3. The predicted molar refractivity (Wildman–Crippen MR) is 83.7 cm³/mol. The molecule has 1 atom stereocenters. The largest absolute Gasteiger partial charge is 0.376 e. The van der Waals surface area contributed by atoms with Crippen molar-refractivity contribution in [1.29, 1.82) is 0 Å². The molecule has 1 unspecified atom stereocenters. The van der Waals surface area contributed by atoms with Gasteiger partial charge in [-0.1, -0.05) is 45.0 Å². The van der Waals surface area contributed by atoms with Crippen molar-refractivity contribution in [2.45, 2.75) is 52.4 Å². The number of hydrogen-bond donors (Lipinski definition) is 1. The van der Waals surface area contributed by atoms with Crippen LogP contribution in [0.4, 0.5) is 0 Å². The smallest absolute Gasteiger partial charge is 0.0700 e. The van der Waals surface area contributed by atoms with Crippen LogP contribution in [0.2, 0.25) is 0 Å². The molecule has 3 heteroatoms. The fourth-order valence-corrected chi connectivity index (χ4v) is 2.61. The minimum absolute atomic E-state index is 0.407. The van der Waals surface area contributed by atoms with Crippen LogP contribution in [-0.2, 0) is 17.8 Å². The van der Waals surface area contributed by atoms with Crippen LogP contribution in [0.3, 0.4) is 0 Å². The lowest BCUT2D eigenvalue weighted by Gasteiger charge is -2.33. The van der Waals surface area contributed by atoms with Crippen LogP contribution < -0.4 is 5.32 Å². The van der Waals surface area contributed by atoms with Gasteiger partial charge in [-0.05, 0) is 17.5 Å². The van der Waals surface area contributed by atoms with E-state index in [1.807, 2.05) is 0 Å². The van der Waals surface area contributed by atoms with Gasteiger partial charge >= 0.3 is 0 Å². The number of nitrogens with zero attached hydrogens (tertiary/aromatic N) is 1. The summed E-state index contributed by atoms with van der Waals surface area (Å²) >= 11 is 0. The molecule has 0 amide bonds. The zero-order valence-electron chi connectivity index (χ0n) is 13.1. The van der Waals surface area contributed by atoms with Crippen molar-refractivity contribution >= 4 is 0 Å². The molecule has 3 nitrogen and oxygen atoms in total. The van der Waals surface area contributed by atoms with Gasteiger partial charge in [0, 0.05) is 32.2 Å². The minimum Gasteiger partial charge on any atom is -0.376 e. The summed E-state index contributed by atoms with van der Waals surface area (Å²) in [5, 5.41) is 3.52. The first-order chi connectivity index (χ1) is 9.69. The Morgan fingerprint density at radius 2 is 2.05 bits per heavy atom. The number of nitrogens with one attached hydrogen (secondary N) is 1. The minimum atomic E-state index is 0.407. The highest BCUT2D eigenvalue weighted by molar-refractivity contribution is 5.27. The lowest BCUT2D eigenvalue weighted by atomic mass is 10.1. The van der Waals surface area contributed by atoms with E-state index in [1.54, 1.807) is 0 Å². The summed E-state index contributed by atoms with van der Waals surface area (Å²) in [5.74, 6) is 0. The fourth-order valence-electron chi connectivity index (χ4n) is 2.61. The maximum atomic E-state index is 5.75. The molecule has 0 spiro atoms. The van der Waals surface area contributed by atoms with Crippen LogP contribution >= 0.6 is 0 Å². The van der Waals surface area contributed by atoms with Gasteiger partial charge in [0.05, 0.1) is 12.7 Å². The van der Waals surface area contributed by atoms with Gasteiger partial charge in [-0.25, -0.2) is 0 Å². The monoisotopic (exact) mass is 276 g/mol. The van der Waals surface area contributed by atoms with E-state index in [-0.39, 0.29) is 0 Å². The normalized spacial score (nSPS) is 20.5. The van der Waals surface area contributed by atoms with E-state index in [2.05, 4.69) is 55.3 Å². The van der Waals surface area contributed by atoms with Crippen molar-refractivity contribution in [3.8, 4) is 0 Å². The second-order valence-corrected chi connectivity index (χ2v) is 5.94. The summed E-state index contributed by atoms with van der Waals surface area (Å²) in [6.45, 7) is 11.5. The number of morpholine rings is 1. The van der Waals surface area contributed by atoms with Crippen LogP contribution in [0.5, 0.6) is 0 Å². The third-order valence-corrected chi connectivity index (χ3v) is 3.89. The summed E-state index contributed by atoms with van der Waals surface area (Å²) < 4.78 is 5.75. The van der Waals surface area contributed by atoms with E-state index in [1.165, 1.54) is 11.1 Å². The Balaban J connectivity index is 1.97. The van der Waals surface area contributed by atoms with Crippen molar-refractivity contribution < 1.29 is 4.74 Å². The molecule has 0 aromatic heterocycles. The average Bonchev–Trinajstić information content (AvgIpc) is 2.46. The van der Waals surface area contributed by atoms with E-state index in [4.69, 9.17) is 4.74 Å². The maximum Gasteiger partial charge on any atom is 0.0700 e. The molecule has 1 N–H and O–H groups in total. The highest BCUT2D eigenvalue weighted by atomic mass is 16.5. The Hall–Kier alpha value is -0.900. The summed E-state index contributed by atoms with van der Waals surface area (Å²) in [5.41, 5.74) is 2.86. The third kappa shape index (κ3) is 4.58. The molecule has 1 aromatic rings. The molecule has 0 radical (unpaired) electrons. The fraction of sp³-hybridized carbons (Fsp3) is 0.647. The second-order valence-electron chi connectivity index (χ2n) is 5.94. The van der Waals surface area contributed by atoms with Crippen molar-refractivity contribution in [3.63, 3.8) is 0 Å². The van der Waals surface area contributed by atoms with Gasteiger partial charge in [-0.15, -0.1) is 0 Å². The van der Waals surface area contributed by atoms with Gasteiger partial charge in [0.15, 0.2) is 0 Å². The number of benzene rings is 1. The molecule has 2 rings (SSSR count). The predicted octanol–water partition coefficient (Wildman–Crippen LogP) is 2.80. The SMILES string of the molecule is CCC1CN(Cc2ccccc2CNC(C)C)CCO1. The lowest BCUT2D eigenvalue weighted by molar-refractivity contribution is -0.0325. The molecular formula is C17H28N2O. The van der Waals surface area contributed by atoms with E-state index in [9.17, 15) is 0 Å². The van der Waals surface area contributed by atoms with Crippen LogP contribution in [0, 0.1) is 0 Å². The first kappa shape index (κ1) is 15.5. The Morgan fingerprint density at radius 1 is 1.30 bits per heavy atom. The van der Waals surface area contributed by atoms with Crippen LogP contribution in [-0.4, -0.2) is 36.7 Å². The molecule has 1 saturated heterocycles. The Morgan fingerprint density at radius 3 is 2.75 bits per heavy atom. The van der Waals surface area contributed by atoms with Crippen LogP contribution in [0.1, 0.15) is 38.3 Å². The zero-order chi connectivity index (χ0) is 14.4. The van der Waals surface area contributed by atoms with Gasteiger partial charge < -0.3 is 10.1 Å². The lowest BCUT2D eigenvalue weighted by Crippen LogP contribution is -2.41. The van der Waals surface area contributed by atoms with Crippen molar-refractivity contribution in [1.82, 2.24) is 10.2 Å². The third-order valence-electron chi connectivity index (χ3n) is 3.89. The Kier molecular flexibility index (Phi) is 6.02. The van der Waals surface area contributed by atoms with Gasteiger partial charge in [-0.3, -0.25) is 4.90 Å². The van der Waals surface area contributed by atoms with Gasteiger partial charge in [-0.2, -0.15) is 0 Å². The molecular weight excluding hydrogens is 248 g/mol. The quantitative estimate of drug-likeness (QED) is 0.864. The first-order valence-corrected chi connectivity index (χ1v) is 7.83. The van der Waals surface area contributed by atoms with Crippen molar-refractivity contribution in [2.24, 2.45) is 0 Å². The molecule has 1 aromatic carbocycles. The van der Waals surface area contributed by atoms with Crippen molar-refractivity contribution in [2.75, 3.05) is 19.7 Å². The van der Waals surface area contributed by atoms with E-state index in [0.29, 0.717) is 12.1 Å². The highest BCUT2D eigenvalue weighted by Crippen LogP contribution is 2.15. The molecule has 0 aliphatic carbocycles. The first-order valence-electron chi connectivity index (χ1n) is 7.83. The molecule has 20 heavy (non-hydrogen) atoms. The van der Waals surface area contributed by atoms with E-state index >= 15 is 0 Å². The molecule has 1 aliphatic heterocycles. The second kappa shape index (κ2) is 7.77. The summed E-state index contributed by atoms with van der Waals surface area (Å²) in [7, 11) is 0. The maximum absolute atomic E-state index is 5.75. The zero-order valence-corrected chi connectivity index (χ0v) is 13.1. The highest BCUT2D eigenvalue weighted by Gasteiger charge is 2.19. The molecule has 0 saturated carbocycles. The van der Waals surface area contributed by atoms with Crippen LogP contribution in [0.15, 0.2) is 24.3 Å². The molecule has 112 valence electrons. The topological polar surface area (TPSA) is 24.5 Å². The number of ether oxygens (including phenoxy) is 1. The molecule has 0 bridgehead atoms. The molecule has 1 fully saturated rings. The van der Waals surface area contributed by atoms with Gasteiger partial charge in [0.2, 0.25) is 0 Å². The Labute approximate surface area is 123 Å². The summed E-state index contributed by atoms with van der Waals surface area (Å²) in [6, 6.07) is 9.30. The Bertz CT molecular complexity index is 406. The molecule has 1 heterocycles. The van der Waals surface area contributed by atoms with E-state index in [0.717, 1.165) is 39.2 Å². The van der Waals surface area contributed by atoms with Gasteiger partial charge in [0.1, 0.15) is 0 Å². The molecule has 1 aliphatic rings.